The van der Waals surface area contributed by atoms with Gasteiger partial charge in [0.25, 0.3) is 0 Å². The van der Waals surface area contributed by atoms with E-state index in [1.165, 1.54) is 0 Å². The topological polar surface area (TPSA) is 55.1 Å². The Morgan fingerprint density at radius 3 is 2.60 bits per heavy atom. The van der Waals surface area contributed by atoms with Gasteiger partial charge in [-0.2, -0.15) is 0 Å². The van der Waals surface area contributed by atoms with E-state index in [0.717, 1.165) is 13.0 Å². The van der Waals surface area contributed by atoms with Crippen LogP contribution in [0, 0.1) is 0 Å². The maximum absolute atomic E-state index is 11.0. The summed E-state index contributed by atoms with van der Waals surface area (Å²) in [6.07, 6.45) is 0.887. The quantitative estimate of drug-likeness (QED) is 0.562. The van der Waals surface area contributed by atoms with Gasteiger partial charge in [-0.05, 0) is 26.8 Å². The lowest BCUT2D eigenvalue weighted by Gasteiger charge is -2.05. The molecule has 0 spiro atoms. The Hall–Kier alpha value is 0.0700. The average molecular weight is 164 g/mol. The monoisotopic (exact) mass is 164 g/mol. The second kappa shape index (κ2) is 5.82. The van der Waals surface area contributed by atoms with Crippen LogP contribution in [0.15, 0.2) is 0 Å². The molecule has 0 saturated carbocycles. The summed E-state index contributed by atoms with van der Waals surface area (Å²) in [6, 6.07) is 0. The fraction of sp³-hybridized carbons (Fsp3) is 1.00. The van der Waals surface area contributed by atoms with Gasteiger partial charge in [-0.15, -0.1) is 0 Å². The lowest BCUT2D eigenvalue weighted by Crippen LogP contribution is -2.26. The predicted octanol–water partition coefficient (Wildman–Crippen LogP) is -0.00310. The number of nitrogens with one attached hydrogen (secondary N) is 1. The van der Waals surface area contributed by atoms with Crippen molar-refractivity contribution in [1.29, 1.82) is 0 Å². The van der Waals surface area contributed by atoms with E-state index in [0.29, 0.717) is 6.54 Å². The second-order valence-corrected chi connectivity index (χ2v) is 4.21. The van der Waals surface area contributed by atoms with Crippen LogP contribution in [-0.2, 0) is 11.0 Å². The molecule has 1 atom stereocenters. The molecule has 0 aliphatic heterocycles. The minimum Gasteiger partial charge on any atom is -0.330 e. The Morgan fingerprint density at radius 2 is 2.20 bits per heavy atom. The molecule has 0 fully saturated rings. The molecule has 3 N–H and O–H groups in total. The first-order valence-electron chi connectivity index (χ1n) is 3.52. The van der Waals surface area contributed by atoms with Gasteiger partial charge >= 0.3 is 0 Å². The molecule has 0 aliphatic carbocycles. The fourth-order valence-electron chi connectivity index (χ4n) is 0.441. The third-order valence-corrected chi connectivity index (χ3v) is 2.40. The Morgan fingerprint density at radius 1 is 1.60 bits per heavy atom. The van der Waals surface area contributed by atoms with E-state index in [2.05, 4.69) is 4.72 Å². The van der Waals surface area contributed by atoms with Crippen molar-refractivity contribution < 1.29 is 4.21 Å². The zero-order valence-corrected chi connectivity index (χ0v) is 7.41. The molecule has 0 bridgehead atoms. The number of hydrogen-bond acceptors (Lipinski definition) is 2. The molecular formula is C6H16N2OS. The van der Waals surface area contributed by atoms with Gasteiger partial charge in [0.2, 0.25) is 0 Å². The second-order valence-electron chi connectivity index (χ2n) is 2.38. The number of rotatable bonds is 5. The standard InChI is InChI=1S/C6H16N2OS/c1-6(2)10(9)8-5-3-4-7/h6,8H,3-5,7H2,1-2H3. The van der Waals surface area contributed by atoms with E-state index in [1.807, 2.05) is 13.8 Å². The summed E-state index contributed by atoms with van der Waals surface area (Å²) in [5.41, 5.74) is 5.25. The molecule has 4 heteroatoms. The van der Waals surface area contributed by atoms with E-state index in [1.54, 1.807) is 0 Å². The van der Waals surface area contributed by atoms with Crippen LogP contribution < -0.4 is 10.5 Å². The van der Waals surface area contributed by atoms with Crippen molar-refractivity contribution in [3.05, 3.63) is 0 Å². The van der Waals surface area contributed by atoms with E-state index in [-0.39, 0.29) is 5.25 Å². The van der Waals surface area contributed by atoms with E-state index in [4.69, 9.17) is 5.73 Å². The van der Waals surface area contributed by atoms with Crippen molar-refractivity contribution in [2.24, 2.45) is 5.73 Å². The fourth-order valence-corrected chi connectivity index (χ4v) is 1.12. The highest BCUT2D eigenvalue weighted by Crippen LogP contribution is 1.88. The van der Waals surface area contributed by atoms with Gasteiger partial charge in [0.1, 0.15) is 0 Å². The molecule has 0 aromatic heterocycles. The van der Waals surface area contributed by atoms with Gasteiger partial charge in [0.15, 0.2) is 0 Å². The van der Waals surface area contributed by atoms with Gasteiger partial charge in [0, 0.05) is 11.8 Å². The van der Waals surface area contributed by atoms with Crippen LogP contribution in [0.4, 0.5) is 0 Å². The van der Waals surface area contributed by atoms with Crippen molar-refractivity contribution in [2.45, 2.75) is 25.5 Å². The summed E-state index contributed by atoms with van der Waals surface area (Å²) in [6.45, 7) is 5.25. The minimum atomic E-state index is -0.879. The first-order valence-corrected chi connectivity index (χ1v) is 4.74. The van der Waals surface area contributed by atoms with Crippen molar-refractivity contribution in [3.8, 4) is 0 Å². The van der Waals surface area contributed by atoms with Crippen LogP contribution in [0.2, 0.25) is 0 Å². The third kappa shape index (κ3) is 4.90. The lowest BCUT2D eigenvalue weighted by atomic mass is 10.4. The molecule has 0 saturated heterocycles. The zero-order valence-electron chi connectivity index (χ0n) is 6.59. The maximum atomic E-state index is 11.0. The number of hydrogen-bond donors (Lipinski definition) is 2. The van der Waals surface area contributed by atoms with Gasteiger partial charge in [-0.1, -0.05) is 0 Å². The van der Waals surface area contributed by atoms with Crippen molar-refractivity contribution in [3.63, 3.8) is 0 Å². The number of nitrogens with two attached hydrogens (primary N) is 1. The molecule has 62 valence electrons. The molecule has 1 unspecified atom stereocenters. The Labute approximate surface area is 65.0 Å². The largest absolute Gasteiger partial charge is 0.330 e. The van der Waals surface area contributed by atoms with Crippen LogP contribution in [0.25, 0.3) is 0 Å². The lowest BCUT2D eigenvalue weighted by molar-refractivity contribution is 0.661. The summed E-state index contributed by atoms with van der Waals surface area (Å²) in [7, 11) is -0.879. The highest BCUT2D eigenvalue weighted by molar-refractivity contribution is 7.83. The molecule has 0 rings (SSSR count). The minimum absolute atomic E-state index is 0.192. The van der Waals surface area contributed by atoms with Crippen LogP contribution in [0.1, 0.15) is 20.3 Å². The van der Waals surface area contributed by atoms with Crippen LogP contribution in [0.3, 0.4) is 0 Å². The first kappa shape index (κ1) is 10.1. The molecule has 0 radical (unpaired) electrons. The summed E-state index contributed by atoms with van der Waals surface area (Å²) in [5.74, 6) is 0. The summed E-state index contributed by atoms with van der Waals surface area (Å²) < 4.78 is 13.9. The molecule has 0 aliphatic rings. The van der Waals surface area contributed by atoms with Crippen LogP contribution in [-0.4, -0.2) is 22.5 Å². The normalized spacial score (nSPS) is 14.0. The highest BCUT2D eigenvalue weighted by atomic mass is 32.2. The van der Waals surface area contributed by atoms with Gasteiger partial charge in [-0.25, -0.2) is 8.93 Å². The van der Waals surface area contributed by atoms with Crippen molar-refractivity contribution in [1.82, 2.24) is 4.72 Å². The van der Waals surface area contributed by atoms with Crippen molar-refractivity contribution in [2.75, 3.05) is 13.1 Å². The molecule has 0 heterocycles. The zero-order chi connectivity index (χ0) is 7.98. The average Bonchev–Trinajstić information content (AvgIpc) is 1.88. The van der Waals surface area contributed by atoms with Gasteiger partial charge in [0.05, 0.1) is 11.0 Å². The van der Waals surface area contributed by atoms with Gasteiger partial charge < -0.3 is 5.73 Å². The molecule has 0 amide bonds. The highest BCUT2D eigenvalue weighted by Gasteiger charge is 2.01. The predicted molar refractivity (Wildman–Crippen MR) is 45.0 cm³/mol. The van der Waals surface area contributed by atoms with E-state index >= 15 is 0 Å². The van der Waals surface area contributed by atoms with Crippen molar-refractivity contribution >= 4 is 11.0 Å². The Balaban J connectivity index is 3.22. The van der Waals surface area contributed by atoms with E-state index < -0.39 is 11.0 Å². The summed E-state index contributed by atoms with van der Waals surface area (Å²) in [4.78, 5) is 0. The Kier molecular flexibility index (Phi) is 5.87. The third-order valence-electron chi connectivity index (χ3n) is 1.05. The SMILES string of the molecule is CC(C)S(=O)NCCCN. The van der Waals surface area contributed by atoms with Gasteiger partial charge in [-0.3, -0.25) is 0 Å². The maximum Gasteiger partial charge on any atom is 0.0941 e. The smallest absolute Gasteiger partial charge is 0.0941 e. The molecule has 10 heavy (non-hydrogen) atoms. The first-order chi connectivity index (χ1) is 4.68. The van der Waals surface area contributed by atoms with Crippen LogP contribution >= 0.6 is 0 Å². The Bertz CT molecular complexity index is 106. The molecule has 0 aromatic carbocycles. The molecular weight excluding hydrogens is 148 g/mol. The summed E-state index contributed by atoms with van der Waals surface area (Å²) in [5, 5.41) is 0.192. The summed E-state index contributed by atoms with van der Waals surface area (Å²) >= 11 is 0. The van der Waals surface area contributed by atoms with E-state index in [9.17, 15) is 4.21 Å². The molecule has 0 aromatic rings. The van der Waals surface area contributed by atoms with Crippen LogP contribution in [0.5, 0.6) is 0 Å². The molecule has 3 nitrogen and oxygen atoms in total.